The van der Waals surface area contributed by atoms with Gasteiger partial charge in [0, 0.05) is 20.1 Å². The Morgan fingerprint density at radius 1 is 1.33 bits per heavy atom. The molecule has 0 heterocycles. The van der Waals surface area contributed by atoms with Crippen LogP contribution < -0.4 is 5.32 Å². The topological polar surface area (TPSA) is 32.3 Å². The molecule has 0 saturated carbocycles. The second-order valence-corrected chi connectivity index (χ2v) is 3.01. The van der Waals surface area contributed by atoms with Crippen LogP contribution >= 0.6 is 0 Å². The van der Waals surface area contributed by atoms with Gasteiger partial charge in [0.1, 0.15) is 0 Å². The largest absolute Gasteiger partial charge is 0.338 e. The third kappa shape index (κ3) is 4.99. The monoisotopic (exact) mass is 172 g/mol. The van der Waals surface area contributed by atoms with E-state index in [1.165, 1.54) is 0 Å². The molecule has 0 saturated heterocycles. The van der Waals surface area contributed by atoms with E-state index in [1.54, 1.807) is 4.90 Å². The zero-order chi connectivity index (χ0) is 9.40. The number of carbonyl (C=O) groups excluding carboxylic acids is 1. The Morgan fingerprint density at radius 3 is 2.50 bits per heavy atom. The molecule has 12 heavy (non-hydrogen) atoms. The Kier molecular flexibility index (Phi) is 6.53. The van der Waals surface area contributed by atoms with Crippen molar-refractivity contribution in [2.24, 2.45) is 0 Å². The highest BCUT2D eigenvalue weighted by molar-refractivity contribution is 5.73. The standard InChI is InChI=1S/C9H20N2O/c1-4-6-7-10-9(12)11(3)8-5-2/h4-8H2,1-3H3,(H,10,12). The maximum atomic E-state index is 11.2. The smallest absolute Gasteiger partial charge is 0.317 e. The molecule has 2 amide bonds. The molecule has 0 aliphatic heterocycles. The van der Waals surface area contributed by atoms with Crippen LogP contribution in [-0.2, 0) is 0 Å². The normalized spacial score (nSPS) is 9.58. The summed E-state index contributed by atoms with van der Waals surface area (Å²) in [4.78, 5) is 12.9. The van der Waals surface area contributed by atoms with Gasteiger partial charge in [-0.2, -0.15) is 0 Å². The molecule has 0 radical (unpaired) electrons. The van der Waals surface area contributed by atoms with Gasteiger partial charge in [-0.05, 0) is 12.8 Å². The van der Waals surface area contributed by atoms with Crippen molar-refractivity contribution >= 4 is 6.03 Å². The summed E-state index contributed by atoms with van der Waals surface area (Å²) in [6, 6.07) is 0.0466. The maximum absolute atomic E-state index is 11.2. The Labute approximate surface area is 75.1 Å². The fourth-order valence-corrected chi connectivity index (χ4v) is 0.944. The van der Waals surface area contributed by atoms with Crippen LogP contribution in [0.15, 0.2) is 0 Å². The first-order chi connectivity index (χ1) is 5.72. The molecule has 0 aliphatic carbocycles. The molecule has 3 heteroatoms. The van der Waals surface area contributed by atoms with Gasteiger partial charge in [0.15, 0.2) is 0 Å². The number of nitrogens with one attached hydrogen (secondary N) is 1. The van der Waals surface area contributed by atoms with Gasteiger partial charge in [-0.25, -0.2) is 4.79 Å². The predicted molar refractivity (Wildman–Crippen MR) is 51.2 cm³/mol. The number of amides is 2. The Morgan fingerprint density at radius 2 is 2.00 bits per heavy atom. The molecule has 0 rings (SSSR count). The lowest BCUT2D eigenvalue weighted by molar-refractivity contribution is 0.209. The van der Waals surface area contributed by atoms with Crippen LogP contribution in [-0.4, -0.2) is 31.1 Å². The van der Waals surface area contributed by atoms with E-state index in [-0.39, 0.29) is 6.03 Å². The van der Waals surface area contributed by atoms with E-state index in [9.17, 15) is 4.79 Å². The van der Waals surface area contributed by atoms with Crippen molar-refractivity contribution in [3.8, 4) is 0 Å². The van der Waals surface area contributed by atoms with E-state index in [0.29, 0.717) is 0 Å². The number of urea groups is 1. The number of unbranched alkanes of at least 4 members (excludes halogenated alkanes) is 1. The molecule has 0 aromatic carbocycles. The molecular formula is C9H20N2O. The molecule has 0 bridgehead atoms. The molecule has 1 N–H and O–H groups in total. The molecule has 3 nitrogen and oxygen atoms in total. The fraction of sp³-hybridized carbons (Fsp3) is 0.889. The summed E-state index contributed by atoms with van der Waals surface area (Å²) in [5.41, 5.74) is 0. The second kappa shape index (κ2) is 6.95. The lowest BCUT2D eigenvalue weighted by Gasteiger charge is -2.16. The minimum absolute atomic E-state index is 0.0466. The highest BCUT2D eigenvalue weighted by Crippen LogP contribution is 1.88. The fourth-order valence-electron chi connectivity index (χ4n) is 0.944. The first-order valence-corrected chi connectivity index (χ1v) is 4.71. The van der Waals surface area contributed by atoms with Gasteiger partial charge >= 0.3 is 6.03 Å². The molecule has 0 spiro atoms. The zero-order valence-corrected chi connectivity index (χ0v) is 8.39. The first-order valence-electron chi connectivity index (χ1n) is 4.71. The lowest BCUT2D eigenvalue weighted by Crippen LogP contribution is -2.37. The number of carbonyl (C=O) groups is 1. The second-order valence-electron chi connectivity index (χ2n) is 3.01. The van der Waals surface area contributed by atoms with Gasteiger partial charge in [0.25, 0.3) is 0 Å². The van der Waals surface area contributed by atoms with Crippen molar-refractivity contribution in [2.75, 3.05) is 20.1 Å². The summed E-state index contributed by atoms with van der Waals surface area (Å²) < 4.78 is 0. The quantitative estimate of drug-likeness (QED) is 0.630. The van der Waals surface area contributed by atoms with E-state index >= 15 is 0 Å². The Hall–Kier alpha value is -0.730. The predicted octanol–water partition coefficient (Wildman–Crippen LogP) is 1.84. The van der Waals surface area contributed by atoms with E-state index in [2.05, 4.69) is 19.2 Å². The average molecular weight is 172 g/mol. The summed E-state index contributed by atoms with van der Waals surface area (Å²) in [5, 5.41) is 2.86. The highest BCUT2D eigenvalue weighted by Gasteiger charge is 2.04. The Balaban J connectivity index is 3.43. The number of hydrogen-bond donors (Lipinski definition) is 1. The van der Waals surface area contributed by atoms with Gasteiger partial charge in [0.05, 0.1) is 0 Å². The summed E-state index contributed by atoms with van der Waals surface area (Å²) in [6.45, 7) is 5.80. The molecule has 0 aromatic heterocycles. The van der Waals surface area contributed by atoms with E-state index in [4.69, 9.17) is 0 Å². The van der Waals surface area contributed by atoms with Crippen LogP contribution in [0.4, 0.5) is 4.79 Å². The van der Waals surface area contributed by atoms with Crippen LogP contribution in [0.1, 0.15) is 33.1 Å². The van der Waals surface area contributed by atoms with Crippen LogP contribution in [0.3, 0.4) is 0 Å². The van der Waals surface area contributed by atoms with Crippen molar-refractivity contribution in [2.45, 2.75) is 33.1 Å². The van der Waals surface area contributed by atoms with Gasteiger partial charge in [0.2, 0.25) is 0 Å². The maximum Gasteiger partial charge on any atom is 0.317 e. The number of nitrogens with zero attached hydrogens (tertiary/aromatic N) is 1. The molecule has 72 valence electrons. The van der Waals surface area contributed by atoms with E-state index in [0.717, 1.165) is 32.4 Å². The SMILES string of the molecule is CCCCNC(=O)N(C)CCC. The zero-order valence-electron chi connectivity index (χ0n) is 8.39. The summed E-state index contributed by atoms with van der Waals surface area (Å²) in [5.74, 6) is 0. The summed E-state index contributed by atoms with van der Waals surface area (Å²) >= 11 is 0. The lowest BCUT2D eigenvalue weighted by atomic mass is 10.3. The van der Waals surface area contributed by atoms with E-state index in [1.807, 2.05) is 7.05 Å². The number of rotatable bonds is 5. The summed E-state index contributed by atoms with van der Waals surface area (Å²) in [7, 11) is 1.82. The molecular weight excluding hydrogens is 152 g/mol. The van der Waals surface area contributed by atoms with Crippen molar-refractivity contribution < 1.29 is 4.79 Å². The minimum atomic E-state index is 0.0466. The first kappa shape index (κ1) is 11.3. The van der Waals surface area contributed by atoms with Gasteiger partial charge < -0.3 is 10.2 Å². The van der Waals surface area contributed by atoms with Crippen LogP contribution in [0.2, 0.25) is 0 Å². The third-order valence-corrected chi connectivity index (χ3v) is 1.71. The minimum Gasteiger partial charge on any atom is -0.338 e. The van der Waals surface area contributed by atoms with Crippen molar-refractivity contribution in [1.29, 1.82) is 0 Å². The van der Waals surface area contributed by atoms with Gasteiger partial charge in [-0.3, -0.25) is 0 Å². The Bertz CT molecular complexity index is 126. The van der Waals surface area contributed by atoms with Gasteiger partial charge in [-0.15, -0.1) is 0 Å². The van der Waals surface area contributed by atoms with Gasteiger partial charge in [-0.1, -0.05) is 20.3 Å². The molecule has 0 unspecified atom stereocenters. The molecule has 0 fully saturated rings. The third-order valence-electron chi connectivity index (χ3n) is 1.71. The van der Waals surface area contributed by atoms with Crippen LogP contribution in [0.25, 0.3) is 0 Å². The molecule has 0 atom stereocenters. The van der Waals surface area contributed by atoms with Crippen molar-refractivity contribution in [3.63, 3.8) is 0 Å². The van der Waals surface area contributed by atoms with Crippen molar-refractivity contribution in [3.05, 3.63) is 0 Å². The summed E-state index contributed by atoms with van der Waals surface area (Å²) in [6.07, 6.45) is 3.20. The molecule has 0 aliphatic rings. The van der Waals surface area contributed by atoms with Crippen LogP contribution in [0, 0.1) is 0 Å². The molecule has 0 aromatic rings. The van der Waals surface area contributed by atoms with E-state index < -0.39 is 0 Å². The number of hydrogen-bond acceptors (Lipinski definition) is 1. The average Bonchev–Trinajstić information content (AvgIpc) is 2.05. The van der Waals surface area contributed by atoms with Crippen molar-refractivity contribution in [1.82, 2.24) is 10.2 Å². The van der Waals surface area contributed by atoms with Crippen LogP contribution in [0.5, 0.6) is 0 Å². The highest BCUT2D eigenvalue weighted by atomic mass is 16.2.